The summed E-state index contributed by atoms with van der Waals surface area (Å²) in [7, 11) is 2.19. The largest absolute Gasteiger partial charge is 0.391 e. The molecule has 4 atom stereocenters. The molecular weight excluding hydrogens is 266 g/mol. The van der Waals surface area contributed by atoms with Gasteiger partial charge in [-0.05, 0) is 51.4 Å². The first-order valence-corrected chi connectivity index (χ1v) is 8.65. The van der Waals surface area contributed by atoms with Crippen LogP contribution in [0.15, 0.2) is 35.2 Å². The van der Waals surface area contributed by atoms with Crippen molar-refractivity contribution < 1.29 is 5.11 Å². The van der Waals surface area contributed by atoms with Gasteiger partial charge in [0.15, 0.2) is 0 Å². The molecule has 4 unspecified atom stereocenters. The molecule has 1 aromatic rings. The van der Waals surface area contributed by atoms with Crippen LogP contribution in [0.25, 0.3) is 0 Å². The number of fused-ring (bicyclic) bond motifs is 1. The molecule has 1 saturated heterocycles. The lowest BCUT2D eigenvalue weighted by Gasteiger charge is -2.50. The summed E-state index contributed by atoms with van der Waals surface area (Å²) in [6.07, 6.45) is 4.40. The number of thioether (sulfide) groups is 1. The maximum atomic E-state index is 10.4. The number of rotatable bonds is 3. The van der Waals surface area contributed by atoms with Gasteiger partial charge >= 0.3 is 0 Å². The number of likely N-dealkylation sites (N-methyl/N-ethyl adjacent to an activating group) is 1. The lowest BCUT2D eigenvalue weighted by Crippen LogP contribution is -2.57. The topological polar surface area (TPSA) is 23.5 Å². The quantitative estimate of drug-likeness (QED) is 0.923. The maximum absolute atomic E-state index is 10.4. The highest BCUT2D eigenvalue weighted by Crippen LogP contribution is 2.54. The van der Waals surface area contributed by atoms with Crippen molar-refractivity contribution in [2.45, 2.75) is 54.9 Å². The monoisotopic (exact) mass is 291 g/mol. The first-order valence-electron chi connectivity index (χ1n) is 7.77. The van der Waals surface area contributed by atoms with E-state index >= 15 is 0 Å². The summed E-state index contributed by atoms with van der Waals surface area (Å²) < 4.78 is 0. The summed E-state index contributed by atoms with van der Waals surface area (Å²) in [6, 6.07) is 11.1. The van der Waals surface area contributed by atoms with E-state index in [0.29, 0.717) is 11.3 Å². The molecule has 0 aromatic heterocycles. The molecule has 1 heterocycles. The van der Waals surface area contributed by atoms with E-state index in [2.05, 4.69) is 49.2 Å². The van der Waals surface area contributed by atoms with Gasteiger partial charge in [0.1, 0.15) is 0 Å². The molecule has 0 bridgehead atoms. The van der Waals surface area contributed by atoms with E-state index in [1.807, 2.05) is 11.8 Å². The lowest BCUT2D eigenvalue weighted by atomic mass is 9.72. The number of piperidine rings is 1. The van der Waals surface area contributed by atoms with Crippen molar-refractivity contribution in [3.8, 4) is 0 Å². The standard InChI is InChI=1S/C17H25NOS/c1-3-17-11-9-14(19)16(17)18(2)12-10-15(17)20-13-7-5-4-6-8-13/h4-8,14-16,19H,3,9-12H2,1-2H3. The number of hydrogen-bond acceptors (Lipinski definition) is 3. The molecule has 20 heavy (non-hydrogen) atoms. The molecular formula is C17H25NOS. The summed E-state index contributed by atoms with van der Waals surface area (Å²) in [4.78, 5) is 3.78. The van der Waals surface area contributed by atoms with Crippen LogP contribution in [-0.2, 0) is 0 Å². The van der Waals surface area contributed by atoms with Gasteiger partial charge in [-0.3, -0.25) is 0 Å². The van der Waals surface area contributed by atoms with Crippen LogP contribution in [0.1, 0.15) is 32.6 Å². The molecule has 2 aliphatic rings. The van der Waals surface area contributed by atoms with Crippen LogP contribution < -0.4 is 0 Å². The molecule has 1 aliphatic carbocycles. The van der Waals surface area contributed by atoms with Crippen molar-refractivity contribution in [2.24, 2.45) is 5.41 Å². The first kappa shape index (κ1) is 14.4. The SMILES string of the molecule is CCC12CCC(O)C1N(C)CCC2Sc1ccccc1. The minimum absolute atomic E-state index is 0.140. The molecule has 1 aromatic carbocycles. The Kier molecular flexibility index (Phi) is 4.11. The summed E-state index contributed by atoms with van der Waals surface area (Å²) in [6.45, 7) is 3.41. The fourth-order valence-electron chi connectivity index (χ4n) is 4.39. The summed E-state index contributed by atoms with van der Waals surface area (Å²) in [5.74, 6) is 0. The van der Waals surface area contributed by atoms with E-state index in [-0.39, 0.29) is 11.5 Å². The second-order valence-electron chi connectivity index (χ2n) is 6.33. The zero-order chi connectivity index (χ0) is 14.2. The Morgan fingerprint density at radius 3 is 2.75 bits per heavy atom. The Bertz CT molecular complexity index is 452. The zero-order valence-electron chi connectivity index (χ0n) is 12.5. The van der Waals surface area contributed by atoms with Crippen LogP contribution in [0.5, 0.6) is 0 Å². The first-order chi connectivity index (χ1) is 9.67. The fraction of sp³-hybridized carbons (Fsp3) is 0.647. The van der Waals surface area contributed by atoms with Gasteiger partial charge in [0, 0.05) is 21.6 Å². The van der Waals surface area contributed by atoms with Gasteiger partial charge in [0.05, 0.1) is 6.10 Å². The van der Waals surface area contributed by atoms with Crippen molar-refractivity contribution in [2.75, 3.05) is 13.6 Å². The number of benzene rings is 1. The van der Waals surface area contributed by atoms with Gasteiger partial charge < -0.3 is 10.0 Å². The normalized spacial score (nSPS) is 37.9. The lowest BCUT2D eigenvalue weighted by molar-refractivity contribution is -0.00181. The highest BCUT2D eigenvalue weighted by Gasteiger charge is 2.55. The summed E-state index contributed by atoms with van der Waals surface area (Å²) in [5, 5.41) is 11.1. The molecule has 1 aliphatic heterocycles. The Balaban J connectivity index is 1.87. The Morgan fingerprint density at radius 1 is 1.30 bits per heavy atom. The zero-order valence-corrected chi connectivity index (χ0v) is 13.3. The van der Waals surface area contributed by atoms with Gasteiger partial charge in [-0.2, -0.15) is 0 Å². The fourth-order valence-corrected chi connectivity index (χ4v) is 5.91. The predicted molar refractivity (Wildman–Crippen MR) is 85.1 cm³/mol. The molecule has 0 spiro atoms. The summed E-state index contributed by atoms with van der Waals surface area (Å²) in [5.41, 5.74) is 0.285. The smallest absolute Gasteiger partial charge is 0.0701 e. The Hall–Kier alpha value is -0.510. The molecule has 0 amide bonds. The van der Waals surface area contributed by atoms with E-state index < -0.39 is 0 Å². The van der Waals surface area contributed by atoms with Crippen LogP contribution in [0, 0.1) is 5.41 Å². The van der Waals surface area contributed by atoms with Crippen LogP contribution in [-0.4, -0.2) is 41.0 Å². The van der Waals surface area contributed by atoms with Gasteiger partial charge in [-0.25, -0.2) is 0 Å². The molecule has 3 rings (SSSR count). The van der Waals surface area contributed by atoms with Crippen molar-refractivity contribution in [3.63, 3.8) is 0 Å². The van der Waals surface area contributed by atoms with E-state index in [4.69, 9.17) is 0 Å². The number of nitrogens with zero attached hydrogens (tertiary/aromatic N) is 1. The van der Waals surface area contributed by atoms with Crippen LogP contribution in [0.3, 0.4) is 0 Å². The van der Waals surface area contributed by atoms with Crippen molar-refractivity contribution in [1.29, 1.82) is 0 Å². The number of hydrogen-bond donors (Lipinski definition) is 1. The van der Waals surface area contributed by atoms with Gasteiger partial charge in [-0.1, -0.05) is 25.1 Å². The Labute approximate surface area is 126 Å². The van der Waals surface area contributed by atoms with E-state index in [1.54, 1.807) is 0 Å². The average molecular weight is 291 g/mol. The van der Waals surface area contributed by atoms with E-state index in [0.717, 1.165) is 13.0 Å². The van der Waals surface area contributed by atoms with Crippen LogP contribution >= 0.6 is 11.8 Å². The molecule has 0 radical (unpaired) electrons. The van der Waals surface area contributed by atoms with Gasteiger partial charge in [-0.15, -0.1) is 11.8 Å². The third-order valence-corrected chi connectivity index (χ3v) is 6.93. The molecule has 2 fully saturated rings. The molecule has 2 nitrogen and oxygen atoms in total. The highest BCUT2D eigenvalue weighted by atomic mass is 32.2. The minimum atomic E-state index is -0.140. The number of aliphatic hydroxyl groups is 1. The average Bonchev–Trinajstić information content (AvgIpc) is 2.83. The highest BCUT2D eigenvalue weighted by molar-refractivity contribution is 8.00. The van der Waals surface area contributed by atoms with Crippen molar-refractivity contribution in [3.05, 3.63) is 30.3 Å². The number of likely N-dealkylation sites (tertiary alicyclic amines) is 1. The van der Waals surface area contributed by atoms with E-state index in [1.165, 1.54) is 24.2 Å². The molecule has 3 heteroatoms. The van der Waals surface area contributed by atoms with Crippen molar-refractivity contribution >= 4 is 11.8 Å². The number of aliphatic hydroxyl groups excluding tert-OH is 1. The van der Waals surface area contributed by atoms with Crippen LogP contribution in [0.4, 0.5) is 0 Å². The minimum Gasteiger partial charge on any atom is -0.391 e. The predicted octanol–water partition coefficient (Wildman–Crippen LogP) is 3.40. The van der Waals surface area contributed by atoms with Gasteiger partial charge in [0.25, 0.3) is 0 Å². The van der Waals surface area contributed by atoms with E-state index in [9.17, 15) is 5.11 Å². The second kappa shape index (κ2) is 5.70. The summed E-state index contributed by atoms with van der Waals surface area (Å²) >= 11 is 2.03. The third-order valence-electron chi connectivity index (χ3n) is 5.40. The molecule has 1 saturated carbocycles. The third kappa shape index (κ3) is 2.30. The van der Waals surface area contributed by atoms with Crippen molar-refractivity contribution in [1.82, 2.24) is 4.90 Å². The maximum Gasteiger partial charge on any atom is 0.0701 e. The van der Waals surface area contributed by atoms with Gasteiger partial charge in [0.2, 0.25) is 0 Å². The molecule has 1 N–H and O–H groups in total. The van der Waals surface area contributed by atoms with Crippen LogP contribution in [0.2, 0.25) is 0 Å². The Morgan fingerprint density at radius 2 is 2.05 bits per heavy atom. The second-order valence-corrected chi connectivity index (χ2v) is 7.60. The molecule has 110 valence electrons.